The second-order valence-electron chi connectivity index (χ2n) is 2.44. The highest BCUT2D eigenvalue weighted by Crippen LogP contribution is 2.40. The highest BCUT2D eigenvalue weighted by atomic mass is 127. The second-order valence-corrected chi connectivity index (χ2v) is 3.80. The third kappa shape index (κ3) is 2.04. The van der Waals surface area contributed by atoms with Gasteiger partial charge in [-0.05, 0) is 0 Å². The molecule has 1 rings (SSSR count). The molecule has 0 heterocycles. The van der Waals surface area contributed by atoms with Crippen molar-refractivity contribution in [1.82, 2.24) is 0 Å². The fourth-order valence-corrected chi connectivity index (χ4v) is 1.33. The molecule has 0 aromatic heterocycles. The molecular weight excluding hydrogens is 344 g/mol. The Balaban J connectivity index is 3.68. The van der Waals surface area contributed by atoms with Crippen LogP contribution in [0.25, 0.3) is 0 Å². The number of halogens is 8. The van der Waals surface area contributed by atoms with Crippen molar-refractivity contribution in [2.24, 2.45) is 0 Å². The van der Waals surface area contributed by atoms with Gasteiger partial charge in [-0.2, -0.15) is 8.78 Å². The Labute approximate surface area is 92.2 Å². The zero-order chi connectivity index (χ0) is 12.0. The van der Waals surface area contributed by atoms with Crippen molar-refractivity contribution in [2.75, 3.05) is 0 Å². The maximum absolute atomic E-state index is 12.7. The summed E-state index contributed by atoms with van der Waals surface area (Å²) >= 11 is 0.270. The predicted molar refractivity (Wildman–Crippen MR) is 44.1 cm³/mol. The van der Waals surface area contributed by atoms with E-state index < -0.39 is 38.6 Å². The third-order valence-electron chi connectivity index (χ3n) is 1.49. The first-order valence-corrected chi connectivity index (χ1v) is 4.34. The molecule has 0 spiro atoms. The van der Waals surface area contributed by atoms with Gasteiger partial charge in [-0.15, -0.1) is 0 Å². The molecule has 0 nitrogen and oxygen atoms in total. The van der Waals surface area contributed by atoms with E-state index in [1.54, 1.807) is 0 Å². The smallest absolute Gasteiger partial charge is 0.203 e. The minimum absolute atomic E-state index is 0.270. The van der Waals surface area contributed by atoms with Gasteiger partial charge in [0, 0.05) is 22.6 Å². The van der Waals surface area contributed by atoms with Gasteiger partial charge in [0.05, 0.1) is 0 Å². The van der Waals surface area contributed by atoms with Gasteiger partial charge in [-0.3, -0.25) is 0 Å². The van der Waals surface area contributed by atoms with Crippen molar-refractivity contribution in [3.63, 3.8) is 0 Å². The van der Waals surface area contributed by atoms with Crippen molar-refractivity contribution >= 4 is 22.6 Å². The van der Waals surface area contributed by atoms with Crippen LogP contribution in [0.15, 0.2) is 0 Å². The fraction of sp³-hybridized carbons (Fsp3) is 0.143. The van der Waals surface area contributed by atoms with Crippen molar-refractivity contribution < 1.29 is 30.7 Å². The van der Waals surface area contributed by atoms with Gasteiger partial charge in [0.2, 0.25) is 5.82 Å². The van der Waals surface area contributed by atoms with Crippen LogP contribution < -0.4 is 0 Å². The van der Waals surface area contributed by atoms with Gasteiger partial charge in [-0.1, -0.05) is 0 Å². The summed E-state index contributed by atoms with van der Waals surface area (Å²) in [7, 11) is 0. The summed E-state index contributed by atoms with van der Waals surface area (Å²) in [6, 6.07) is 0. The highest BCUT2D eigenvalue weighted by Gasteiger charge is 2.39. The molecule has 0 bridgehead atoms. The summed E-state index contributed by atoms with van der Waals surface area (Å²) in [5.74, 6) is -12.3. The summed E-state index contributed by atoms with van der Waals surface area (Å²) in [5, 5.41) is 0. The van der Waals surface area contributed by atoms with Crippen LogP contribution in [0.2, 0.25) is 0 Å². The van der Waals surface area contributed by atoms with Crippen LogP contribution in [0.5, 0.6) is 0 Å². The Hall–Kier alpha value is -0.540. The second kappa shape index (κ2) is 3.80. The first kappa shape index (κ1) is 12.5. The van der Waals surface area contributed by atoms with E-state index in [0.29, 0.717) is 0 Å². The predicted octanol–water partition coefficient (Wildman–Crippen LogP) is 3.87. The Morgan fingerprint density at radius 2 is 0.933 bits per heavy atom. The van der Waals surface area contributed by atoms with E-state index in [1.807, 2.05) is 0 Å². The SMILES string of the molecule is Fc1c(F)c(F)c(C(F)(F)I)c(F)c1F. The Morgan fingerprint density at radius 1 is 0.667 bits per heavy atom. The van der Waals surface area contributed by atoms with Gasteiger partial charge in [0.25, 0.3) is 0 Å². The molecule has 1 aromatic carbocycles. The van der Waals surface area contributed by atoms with Gasteiger partial charge in [-0.25, -0.2) is 22.0 Å². The molecule has 0 saturated heterocycles. The molecule has 0 amide bonds. The van der Waals surface area contributed by atoms with Crippen LogP contribution in [0.3, 0.4) is 0 Å². The molecule has 0 saturated carbocycles. The normalized spacial score (nSPS) is 12.0. The van der Waals surface area contributed by atoms with Crippen LogP contribution in [-0.4, -0.2) is 0 Å². The van der Waals surface area contributed by atoms with Gasteiger partial charge >= 0.3 is 3.93 Å². The lowest BCUT2D eigenvalue weighted by Crippen LogP contribution is -2.15. The molecule has 0 aliphatic heterocycles. The molecule has 0 fully saturated rings. The first-order chi connectivity index (χ1) is 6.68. The van der Waals surface area contributed by atoms with Crippen molar-refractivity contribution in [2.45, 2.75) is 3.93 Å². The van der Waals surface area contributed by atoms with Gasteiger partial charge in [0.15, 0.2) is 23.3 Å². The maximum atomic E-state index is 12.7. The van der Waals surface area contributed by atoms with Crippen LogP contribution in [0, 0.1) is 29.1 Å². The zero-order valence-electron chi connectivity index (χ0n) is 6.52. The Morgan fingerprint density at radius 3 is 1.20 bits per heavy atom. The third-order valence-corrected chi connectivity index (χ3v) is 2.03. The van der Waals surface area contributed by atoms with E-state index in [2.05, 4.69) is 0 Å². The highest BCUT2D eigenvalue weighted by molar-refractivity contribution is 14.1. The van der Waals surface area contributed by atoms with E-state index in [9.17, 15) is 30.7 Å². The van der Waals surface area contributed by atoms with E-state index in [0.717, 1.165) is 0 Å². The van der Waals surface area contributed by atoms with Gasteiger partial charge in [0.1, 0.15) is 5.56 Å². The molecule has 15 heavy (non-hydrogen) atoms. The van der Waals surface area contributed by atoms with E-state index >= 15 is 0 Å². The topological polar surface area (TPSA) is 0 Å². The summed E-state index contributed by atoms with van der Waals surface area (Å²) in [5.41, 5.74) is -2.14. The van der Waals surface area contributed by atoms with Crippen LogP contribution in [0.1, 0.15) is 5.56 Å². The van der Waals surface area contributed by atoms with E-state index in [-0.39, 0.29) is 22.6 Å². The van der Waals surface area contributed by atoms with Crippen molar-refractivity contribution in [3.05, 3.63) is 34.6 Å². The molecule has 84 valence electrons. The minimum atomic E-state index is -4.18. The van der Waals surface area contributed by atoms with Crippen molar-refractivity contribution in [3.8, 4) is 0 Å². The molecule has 1 aromatic rings. The first-order valence-electron chi connectivity index (χ1n) is 3.26. The number of rotatable bonds is 1. The lowest BCUT2D eigenvalue weighted by atomic mass is 10.2. The molecular formula is C7F7I. The molecule has 0 N–H and O–H groups in total. The number of hydrogen-bond acceptors (Lipinski definition) is 0. The summed E-state index contributed by atoms with van der Waals surface area (Å²) in [6.07, 6.45) is 0. The minimum Gasteiger partial charge on any atom is -0.203 e. The van der Waals surface area contributed by atoms with Gasteiger partial charge < -0.3 is 0 Å². The standard InChI is InChI=1S/C7F7I/c8-2-1(7(13,14)15)3(9)5(11)6(12)4(2)10. The van der Waals surface area contributed by atoms with E-state index in [4.69, 9.17) is 0 Å². The molecule has 0 aliphatic carbocycles. The number of alkyl halides is 3. The summed E-state index contributed by atoms with van der Waals surface area (Å²) in [4.78, 5) is 0. The maximum Gasteiger partial charge on any atom is 0.327 e. The van der Waals surface area contributed by atoms with Crippen LogP contribution >= 0.6 is 22.6 Å². The molecule has 0 aliphatic rings. The Kier molecular flexibility index (Phi) is 3.17. The molecule has 8 heteroatoms. The lowest BCUT2D eigenvalue weighted by molar-refractivity contribution is 0.114. The summed E-state index contributed by atoms with van der Waals surface area (Å²) < 4.78 is 83.5. The number of hydrogen-bond donors (Lipinski definition) is 0. The van der Waals surface area contributed by atoms with E-state index in [1.165, 1.54) is 0 Å². The summed E-state index contributed by atoms with van der Waals surface area (Å²) in [6.45, 7) is 0. The molecule has 0 radical (unpaired) electrons. The van der Waals surface area contributed by atoms with Crippen LogP contribution in [0.4, 0.5) is 30.7 Å². The average Bonchev–Trinajstić information content (AvgIpc) is 2.09. The fourth-order valence-electron chi connectivity index (χ4n) is 0.854. The quantitative estimate of drug-likeness (QED) is 0.239. The Bertz CT molecular complexity index is 380. The lowest BCUT2D eigenvalue weighted by Gasteiger charge is -2.12. The molecule has 0 atom stereocenters. The molecule has 0 unspecified atom stereocenters. The zero-order valence-corrected chi connectivity index (χ0v) is 8.68. The largest absolute Gasteiger partial charge is 0.327 e. The average molecular weight is 344 g/mol. The number of benzene rings is 1. The van der Waals surface area contributed by atoms with Crippen molar-refractivity contribution in [1.29, 1.82) is 0 Å². The monoisotopic (exact) mass is 344 g/mol. The van der Waals surface area contributed by atoms with Crippen LogP contribution in [-0.2, 0) is 3.93 Å².